The Kier molecular flexibility index (Phi) is 3.38. The van der Waals surface area contributed by atoms with Crippen molar-refractivity contribution in [2.24, 2.45) is 0 Å². The van der Waals surface area contributed by atoms with Crippen LogP contribution in [0.4, 0.5) is 0 Å². The van der Waals surface area contributed by atoms with E-state index in [0.717, 1.165) is 0 Å². The highest BCUT2D eigenvalue weighted by molar-refractivity contribution is 5.76. The molecule has 1 aliphatic rings. The maximum atomic E-state index is 10.7. The lowest BCUT2D eigenvalue weighted by Crippen LogP contribution is -2.34. The van der Waals surface area contributed by atoms with Crippen LogP contribution in [0.15, 0.2) is 0 Å². The molecule has 0 aromatic rings. The molecule has 1 rings (SSSR count). The fourth-order valence-electron chi connectivity index (χ4n) is 1.43. The van der Waals surface area contributed by atoms with Gasteiger partial charge in [0.2, 0.25) is 0 Å². The van der Waals surface area contributed by atoms with E-state index in [2.05, 4.69) is 0 Å². The zero-order chi connectivity index (χ0) is 10.0. The van der Waals surface area contributed by atoms with Crippen molar-refractivity contribution in [2.45, 2.75) is 37.8 Å². The van der Waals surface area contributed by atoms with Gasteiger partial charge in [0.1, 0.15) is 24.1 Å². The molecule has 5 heteroatoms. The number of rotatable bonds is 3. The summed E-state index contributed by atoms with van der Waals surface area (Å²) in [5.41, 5.74) is 0. The van der Waals surface area contributed by atoms with Gasteiger partial charge >= 0.3 is 0 Å². The van der Waals surface area contributed by atoms with Gasteiger partial charge in [0, 0.05) is 6.42 Å². The van der Waals surface area contributed by atoms with Crippen molar-refractivity contribution in [3.8, 4) is 0 Å². The van der Waals surface area contributed by atoms with E-state index < -0.39 is 24.4 Å². The van der Waals surface area contributed by atoms with Crippen LogP contribution in [0.1, 0.15) is 13.3 Å². The van der Waals surface area contributed by atoms with Crippen LogP contribution in [0.3, 0.4) is 0 Å². The van der Waals surface area contributed by atoms with E-state index in [9.17, 15) is 15.0 Å². The summed E-state index contributed by atoms with van der Waals surface area (Å²) in [4.78, 5) is 10.7. The molecule has 0 bridgehead atoms. The monoisotopic (exact) mass is 190 g/mol. The fraction of sp³-hybridized carbons (Fsp3) is 0.875. The normalized spacial score (nSPS) is 39.4. The molecule has 4 atom stereocenters. The largest absolute Gasteiger partial charge is 0.394 e. The van der Waals surface area contributed by atoms with E-state index >= 15 is 0 Å². The van der Waals surface area contributed by atoms with Gasteiger partial charge in [0.15, 0.2) is 0 Å². The topological polar surface area (TPSA) is 87.0 Å². The van der Waals surface area contributed by atoms with Crippen molar-refractivity contribution in [3.63, 3.8) is 0 Å². The standard InChI is InChI=1S/C8H14O5/c1-4(10)2-5-7(11)8(12)6(3-9)13-5/h5-9,11-12H,2-3H2,1H3/t5?,6-,7-,8-/m1/s1. The van der Waals surface area contributed by atoms with Crippen LogP contribution in [0.5, 0.6) is 0 Å². The molecule has 1 aliphatic heterocycles. The number of ketones is 1. The minimum atomic E-state index is -1.10. The van der Waals surface area contributed by atoms with Crippen molar-refractivity contribution >= 4 is 5.78 Å². The van der Waals surface area contributed by atoms with E-state index in [1.54, 1.807) is 0 Å². The molecule has 5 nitrogen and oxygen atoms in total. The second-order valence-corrected chi connectivity index (χ2v) is 3.28. The molecule has 1 unspecified atom stereocenters. The fourth-order valence-corrected chi connectivity index (χ4v) is 1.43. The number of carbonyl (C=O) groups is 1. The molecule has 0 amide bonds. The summed E-state index contributed by atoms with van der Waals surface area (Å²) in [6.45, 7) is 1.03. The van der Waals surface area contributed by atoms with Crippen molar-refractivity contribution in [3.05, 3.63) is 0 Å². The maximum absolute atomic E-state index is 10.7. The third-order valence-corrected chi connectivity index (χ3v) is 2.13. The summed E-state index contributed by atoms with van der Waals surface area (Å²) in [5, 5.41) is 27.4. The first-order valence-electron chi connectivity index (χ1n) is 4.18. The third kappa shape index (κ3) is 2.25. The molecular weight excluding hydrogens is 176 g/mol. The van der Waals surface area contributed by atoms with Crippen LogP contribution in [-0.4, -0.2) is 52.1 Å². The molecule has 1 fully saturated rings. The zero-order valence-electron chi connectivity index (χ0n) is 7.38. The van der Waals surface area contributed by atoms with Crippen LogP contribution in [0, 0.1) is 0 Å². The summed E-state index contributed by atoms with van der Waals surface area (Å²) in [5.74, 6) is -0.116. The number of carbonyl (C=O) groups excluding carboxylic acids is 1. The Morgan fingerprint density at radius 1 is 1.31 bits per heavy atom. The predicted octanol–water partition coefficient (Wildman–Crippen LogP) is -1.55. The van der Waals surface area contributed by atoms with Gasteiger partial charge in [-0.2, -0.15) is 0 Å². The summed E-state index contributed by atoms with van der Waals surface area (Å²) >= 11 is 0. The Morgan fingerprint density at radius 3 is 2.23 bits per heavy atom. The molecule has 1 heterocycles. The lowest BCUT2D eigenvalue weighted by atomic mass is 10.0. The van der Waals surface area contributed by atoms with Gasteiger partial charge in [-0.3, -0.25) is 4.79 Å². The third-order valence-electron chi connectivity index (χ3n) is 2.13. The Bertz CT molecular complexity index is 193. The minimum absolute atomic E-state index is 0.0642. The molecule has 0 aromatic heterocycles. The highest BCUT2D eigenvalue weighted by Crippen LogP contribution is 2.23. The Hall–Kier alpha value is -0.490. The minimum Gasteiger partial charge on any atom is -0.394 e. The molecule has 76 valence electrons. The molecule has 3 N–H and O–H groups in total. The first-order chi connectivity index (χ1) is 6.06. The summed E-state index contributed by atoms with van der Waals surface area (Å²) in [6.07, 6.45) is -3.59. The summed E-state index contributed by atoms with van der Waals surface area (Å²) in [6, 6.07) is 0. The first-order valence-corrected chi connectivity index (χ1v) is 4.18. The second kappa shape index (κ2) is 4.15. The highest BCUT2D eigenvalue weighted by atomic mass is 16.6. The van der Waals surface area contributed by atoms with E-state index in [4.69, 9.17) is 9.84 Å². The van der Waals surface area contributed by atoms with Gasteiger partial charge in [-0.25, -0.2) is 0 Å². The number of aliphatic hydroxyl groups is 3. The van der Waals surface area contributed by atoms with Crippen molar-refractivity contribution in [1.82, 2.24) is 0 Å². The number of ether oxygens (including phenoxy) is 1. The van der Waals surface area contributed by atoms with Crippen LogP contribution >= 0.6 is 0 Å². The van der Waals surface area contributed by atoms with E-state index in [0.29, 0.717) is 0 Å². The molecule has 0 spiro atoms. The van der Waals surface area contributed by atoms with Gasteiger partial charge in [0.05, 0.1) is 12.7 Å². The Morgan fingerprint density at radius 2 is 1.85 bits per heavy atom. The molecule has 0 aromatic carbocycles. The second-order valence-electron chi connectivity index (χ2n) is 3.28. The Labute approximate surface area is 75.9 Å². The van der Waals surface area contributed by atoms with Crippen molar-refractivity contribution < 1.29 is 24.9 Å². The van der Waals surface area contributed by atoms with Crippen molar-refractivity contribution in [2.75, 3.05) is 6.61 Å². The smallest absolute Gasteiger partial charge is 0.132 e. The van der Waals surface area contributed by atoms with Gasteiger partial charge in [0.25, 0.3) is 0 Å². The quantitative estimate of drug-likeness (QED) is 0.501. The predicted molar refractivity (Wildman–Crippen MR) is 43.1 cm³/mol. The van der Waals surface area contributed by atoms with E-state index in [1.807, 2.05) is 0 Å². The molecule has 0 aliphatic carbocycles. The molecular formula is C8H14O5. The van der Waals surface area contributed by atoms with E-state index in [1.165, 1.54) is 6.92 Å². The number of hydrogen-bond donors (Lipinski definition) is 3. The SMILES string of the molecule is CC(=O)CC1O[C@H](CO)[C@@H](O)[C@@H]1O. The number of Topliss-reactive ketones (excluding diaryl/α,β-unsaturated/α-hetero) is 1. The summed E-state index contributed by atoms with van der Waals surface area (Å²) < 4.78 is 5.08. The lowest BCUT2D eigenvalue weighted by molar-refractivity contribution is -0.121. The van der Waals surface area contributed by atoms with Crippen LogP contribution in [0.2, 0.25) is 0 Å². The van der Waals surface area contributed by atoms with E-state index in [-0.39, 0.29) is 18.8 Å². The average molecular weight is 190 g/mol. The lowest BCUT2D eigenvalue weighted by Gasteiger charge is -2.11. The first kappa shape index (κ1) is 10.6. The van der Waals surface area contributed by atoms with Gasteiger partial charge in [-0.05, 0) is 6.92 Å². The molecule has 0 radical (unpaired) electrons. The van der Waals surface area contributed by atoms with Gasteiger partial charge in [-0.1, -0.05) is 0 Å². The van der Waals surface area contributed by atoms with Crippen LogP contribution < -0.4 is 0 Å². The zero-order valence-corrected chi connectivity index (χ0v) is 7.38. The molecule has 13 heavy (non-hydrogen) atoms. The highest BCUT2D eigenvalue weighted by Gasteiger charge is 2.42. The van der Waals surface area contributed by atoms with Gasteiger partial charge < -0.3 is 20.1 Å². The molecule has 0 saturated carbocycles. The maximum Gasteiger partial charge on any atom is 0.132 e. The number of aliphatic hydroxyl groups excluding tert-OH is 3. The number of hydrogen-bond acceptors (Lipinski definition) is 5. The van der Waals surface area contributed by atoms with Gasteiger partial charge in [-0.15, -0.1) is 0 Å². The van der Waals surface area contributed by atoms with Crippen LogP contribution in [0.25, 0.3) is 0 Å². The summed E-state index contributed by atoms with van der Waals surface area (Å²) in [7, 11) is 0. The Balaban J connectivity index is 2.55. The van der Waals surface area contributed by atoms with Crippen LogP contribution in [-0.2, 0) is 9.53 Å². The molecule has 1 saturated heterocycles. The average Bonchev–Trinajstić information content (AvgIpc) is 2.32. The van der Waals surface area contributed by atoms with Crippen molar-refractivity contribution in [1.29, 1.82) is 0 Å².